The molecule has 1 aromatic carbocycles. The summed E-state index contributed by atoms with van der Waals surface area (Å²) in [5.41, 5.74) is 7.28. The highest BCUT2D eigenvalue weighted by Crippen LogP contribution is 2.16. The smallest absolute Gasteiger partial charge is 0.268 e. The van der Waals surface area contributed by atoms with E-state index in [1.54, 1.807) is 0 Å². The molecule has 3 aromatic rings. The van der Waals surface area contributed by atoms with Gasteiger partial charge in [-0.05, 0) is 42.1 Å². The first-order valence-electron chi connectivity index (χ1n) is 6.64. The van der Waals surface area contributed by atoms with Crippen LogP contribution in [0.4, 0.5) is 0 Å². The Kier molecular flexibility index (Phi) is 3.98. The molecule has 0 bridgehead atoms. The average molecular weight is 301 g/mol. The van der Waals surface area contributed by atoms with Crippen LogP contribution in [-0.4, -0.2) is 16.5 Å². The zero-order valence-electron chi connectivity index (χ0n) is 11.3. The third-order valence-corrected chi connectivity index (χ3v) is 4.00. The number of rotatable bonds is 5. The molecule has 2 aromatic heterocycles. The number of nitrogens with one attached hydrogen (secondary N) is 1. The molecule has 3 N–H and O–H groups in total. The van der Waals surface area contributed by atoms with Crippen molar-refractivity contribution in [1.29, 1.82) is 0 Å². The molecular weight excluding hydrogens is 286 g/mol. The number of hydrogen-bond acceptors (Lipinski definition) is 5. The number of aromatic amines is 1. The number of benzene rings is 1. The second kappa shape index (κ2) is 6.07. The molecule has 2 heterocycles. The number of nitrogens with two attached hydrogens (primary N) is 1. The molecule has 0 fully saturated rings. The summed E-state index contributed by atoms with van der Waals surface area (Å²) in [6.45, 7) is 0.864. The predicted octanol–water partition coefficient (Wildman–Crippen LogP) is 2.06. The normalized spacial score (nSPS) is 10.9. The Morgan fingerprint density at radius 3 is 2.81 bits per heavy atom. The van der Waals surface area contributed by atoms with Gasteiger partial charge in [0.2, 0.25) is 0 Å². The number of ether oxygens (including phenoxy) is 1. The molecule has 0 radical (unpaired) electrons. The molecule has 0 unspecified atom stereocenters. The summed E-state index contributed by atoms with van der Waals surface area (Å²) in [4.78, 5) is 18.9. The molecule has 0 amide bonds. The molecule has 0 spiro atoms. The van der Waals surface area contributed by atoms with Gasteiger partial charge in [0.05, 0.1) is 5.52 Å². The quantitative estimate of drug-likeness (QED) is 0.756. The van der Waals surface area contributed by atoms with Gasteiger partial charge in [-0.15, -0.1) is 11.3 Å². The Labute approximate surface area is 125 Å². The lowest BCUT2D eigenvalue weighted by atomic mass is 10.1. The standard InChI is InChI=1S/C15H15N3O2S/c16-7-5-10-1-3-11(4-2-10)20-9-13-17-12-6-8-21-14(12)15(19)18-13/h1-4,6,8H,5,7,9,16H2,(H,17,18,19). The Balaban J connectivity index is 1.72. The maximum atomic E-state index is 11.8. The van der Waals surface area contributed by atoms with E-state index >= 15 is 0 Å². The van der Waals surface area contributed by atoms with Crippen molar-refractivity contribution < 1.29 is 4.74 Å². The maximum Gasteiger partial charge on any atom is 0.268 e. The molecule has 21 heavy (non-hydrogen) atoms. The van der Waals surface area contributed by atoms with E-state index in [0.717, 1.165) is 12.2 Å². The second-order valence-electron chi connectivity index (χ2n) is 4.62. The van der Waals surface area contributed by atoms with Crippen molar-refractivity contribution in [3.05, 3.63) is 57.5 Å². The van der Waals surface area contributed by atoms with Crippen molar-refractivity contribution in [1.82, 2.24) is 9.97 Å². The van der Waals surface area contributed by atoms with Crippen LogP contribution < -0.4 is 16.0 Å². The minimum atomic E-state index is -0.119. The number of aromatic nitrogens is 2. The molecule has 3 rings (SSSR count). The topological polar surface area (TPSA) is 81.0 Å². The van der Waals surface area contributed by atoms with E-state index in [4.69, 9.17) is 10.5 Å². The van der Waals surface area contributed by atoms with E-state index in [1.165, 1.54) is 16.9 Å². The highest BCUT2D eigenvalue weighted by molar-refractivity contribution is 7.17. The molecule has 108 valence electrons. The third-order valence-electron chi connectivity index (χ3n) is 3.10. The van der Waals surface area contributed by atoms with Crippen LogP contribution in [0.5, 0.6) is 5.75 Å². The Hall–Kier alpha value is -2.18. The number of thiophene rings is 1. The molecule has 6 heteroatoms. The lowest BCUT2D eigenvalue weighted by molar-refractivity contribution is 0.296. The van der Waals surface area contributed by atoms with E-state index in [1.807, 2.05) is 35.7 Å². The Morgan fingerprint density at radius 2 is 2.05 bits per heavy atom. The van der Waals surface area contributed by atoms with Gasteiger partial charge < -0.3 is 15.5 Å². The van der Waals surface area contributed by atoms with Gasteiger partial charge in [0.25, 0.3) is 5.56 Å². The van der Waals surface area contributed by atoms with Crippen molar-refractivity contribution in [3.63, 3.8) is 0 Å². The van der Waals surface area contributed by atoms with Gasteiger partial charge in [-0.25, -0.2) is 4.98 Å². The van der Waals surface area contributed by atoms with Crippen molar-refractivity contribution in [2.45, 2.75) is 13.0 Å². The lowest BCUT2D eigenvalue weighted by Crippen LogP contribution is -2.12. The van der Waals surface area contributed by atoms with Gasteiger partial charge >= 0.3 is 0 Å². The fourth-order valence-corrected chi connectivity index (χ4v) is 2.79. The van der Waals surface area contributed by atoms with E-state index in [2.05, 4.69) is 9.97 Å². The van der Waals surface area contributed by atoms with Crippen LogP contribution >= 0.6 is 11.3 Å². The highest BCUT2D eigenvalue weighted by Gasteiger charge is 2.05. The molecule has 5 nitrogen and oxygen atoms in total. The van der Waals surface area contributed by atoms with Crippen LogP contribution in [0.2, 0.25) is 0 Å². The molecule has 0 atom stereocenters. The van der Waals surface area contributed by atoms with Gasteiger partial charge in [0.15, 0.2) is 0 Å². The minimum Gasteiger partial charge on any atom is -0.486 e. The fraction of sp³-hybridized carbons (Fsp3) is 0.200. The van der Waals surface area contributed by atoms with Gasteiger partial charge in [-0.2, -0.15) is 0 Å². The summed E-state index contributed by atoms with van der Waals surface area (Å²) in [7, 11) is 0. The second-order valence-corrected chi connectivity index (χ2v) is 5.54. The summed E-state index contributed by atoms with van der Waals surface area (Å²) in [6.07, 6.45) is 0.851. The van der Waals surface area contributed by atoms with Crippen LogP contribution in [0.15, 0.2) is 40.5 Å². The highest BCUT2D eigenvalue weighted by atomic mass is 32.1. The fourth-order valence-electron chi connectivity index (χ4n) is 2.06. The first-order chi connectivity index (χ1) is 10.3. The zero-order chi connectivity index (χ0) is 14.7. The number of hydrogen-bond donors (Lipinski definition) is 2. The van der Waals surface area contributed by atoms with E-state index in [9.17, 15) is 4.79 Å². The lowest BCUT2D eigenvalue weighted by Gasteiger charge is -2.06. The Morgan fingerprint density at radius 1 is 1.24 bits per heavy atom. The van der Waals surface area contributed by atoms with Crippen LogP contribution in [0.1, 0.15) is 11.4 Å². The molecule has 0 aliphatic heterocycles. The van der Waals surface area contributed by atoms with Crippen LogP contribution in [0, 0.1) is 0 Å². The molecule has 0 aliphatic rings. The van der Waals surface area contributed by atoms with Gasteiger partial charge in [-0.3, -0.25) is 4.79 Å². The van der Waals surface area contributed by atoms with Crippen LogP contribution in [0.3, 0.4) is 0 Å². The predicted molar refractivity (Wildman–Crippen MR) is 83.8 cm³/mol. The summed E-state index contributed by atoms with van der Waals surface area (Å²) in [6, 6.07) is 9.60. The molecule has 0 saturated heterocycles. The average Bonchev–Trinajstić information content (AvgIpc) is 2.96. The van der Waals surface area contributed by atoms with Crippen molar-refractivity contribution in [2.75, 3.05) is 6.54 Å². The van der Waals surface area contributed by atoms with E-state index in [0.29, 0.717) is 22.6 Å². The van der Waals surface area contributed by atoms with Gasteiger partial charge in [-0.1, -0.05) is 12.1 Å². The van der Waals surface area contributed by atoms with Gasteiger partial charge in [0, 0.05) is 0 Å². The molecular formula is C15H15N3O2S. The van der Waals surface area contributed by atoms with Crippen molar-refractivity contribution >= 4 is 21.6 Å². The van der Waals surface area contributed by atoms with E-state index < -0.39 is 0 Å². The minimum absolute atomic E-state index is 0.119. The number of fused-ring (bicyclic) bond motifs is 1. The zero-order valence-corrected chi connectivity index (χ0v) is 12.2. The van der Waals surface area contributed by atoms with Crippen molar-refractivity contribution in [3.8, 4) is 5.75 Å². The summed E-state index contributed by atoms with van der Waals surface area (Å²) in [5, 5.41) is 1.85. The van der Waals surface area contributed by atoms with Crippen LogP contribution in [-0.2, 0) is 13.0 Å². The van der Waals surface area contributed by atoms with E-state index in [-0.39, 0.29) is 12.2 Å². The largest absolute Gasteiger partial charge is 0.486 e. The first kappa shape index (κ1) is 13.8. The molecule has 0 aliphatic carbocycles. The van der Waals surface area contributed by atoms with Crippen LogP contribution in [0.25, 0.3) is 10.2 Å². The SMILES string of the molecule is NCCc1ccc(OCc2nc3ccsc3c(=O)[nH]2)cc1. The summed E-state index contributed by atoms with van der Waals surface area (Å²) < 4.78 is 6.29. The first-order valence-corrected chi connectivity index (χ1v) is 7.52. The monoisotopic (exact) mass is 301 g/mol. The summed E-state index contributed by atoms with van der Waals surface area (Å²) >= 11 is 1.39. The number of H-pyrrole nitrogens is 1. The summed E-state index contributed by atoms with van der Waals surface area (Å²) in [5.74, 6) is 1.26. The Bertz CT molecular complexity index is 793. The maximum absolute atomic E-state index is 11.8. The third kappa shape index (κ3) is 3.12. The number of nitrogens with zero attached hydrogens (tertiary/aromatic N) is 1. The van der Waals surface area contributed by atoms with Gasteiger partial charge in [0.1, 0.15) is 22.9 Å². The molecule has 0 saturated carbocycles. The van der Waals surface area contributed by atoms with Crippen molar-refractivity contribution in [2.24, 2.45) is 5.73 Å².